The van der Waals surface area contributed by atoms with Gasteiger partial charge in [-0.1, -0.05) is 89.0 Å². The Morgan fingerprint density at radius 3 is 1.88 bits per heavy atom. The summed E-state index contributed by atoms with van der Waals surface area (Å²) in [6.45, 7) is 2.28. The van der Waals surface area contributed by atoms with Crippen molar-refractivity contribution in [2.75, 3.05) is 11.5 Å². The molecule has 2 heteroatoms. The molecule has 0 saturated carbocycles. The molecule has 1 nitrogen and oxygen atoms in total. The van der Waals surface area contributed by atoms with Crippen LogP contribution in [-0.4, -0.2) is 5.75 Å². The Kier molecular flexibility index (Phi) is 15.6. The molecule has 2 N–H and O–H groups in total. The van der Waals surface area contributed by atoms with Crippen LogP contribution in [0, 0.1) is 0 Å². The first-order valence-electron chi connectivity index (χ1n) is 11.0. The highest BCUT2D eigenvalue weighted by Crippen LogP contribution is 2.25. The second-order valence-electron chi connectivity index (χ2n) is 7.32. The van der Waals surface area contributed by atoms with Crippen LogP contribution in [0.4, 0.5) is 5.69 Å². The highest BCUT2D eigenvalue weighted by molar-refractivity contribution is 7.99. The maximum absolute atomic E-state index is 5.97. The normalized spacial score (nSPS) is 11.4. The molecule has 0 aliphatic carbocycles. The number of hydrogen-bond acceptors (Lipinski definition) is 2. The SMILES string of the molecule is CCCCCCCC/C=C\CCCCCCCCSc1ccccc1N. The molecule has 0 aliphatic heterocycles. The van der Waals surface area contributed by atoms with Crippen molar-refractivity contribution in [2.24, 2.45) is 0 Å². The number of hydrogen-bond donors (Lipinski definition) is 1. The van der Waals surface area contributed by atoms with E-state index in [0.717, 1.165) is 5.69 Å². The molecule has 0 amide bonds. The zero-order valence-electron chi connectivity index (χ0n) is 17.1. The molecule has 1 rings (SSSR count). The zero-order chi connectivity index (χ0) is 18.7. The molecule has 1 aromatic rings. The highest BCUT2D eigenvalue weighted by Gasteiger charge is 1.98. The topological polar surface area (TPSA) is 26.0 Å². The number of anilines is 1. The van der Waals surface area contributed by atoms with Gasteiger partial charge in [0.25, 0.3) is 0 Å². The van der Waals surface area contributed by atoms with Crippen molar-refractivity contribution in [1.82, 2.24) is 0 Å². The lowest BCUT2D eigenvalue weighted by molar-refractivity contribution is 0.607. The van der Waals surface area contributed by atoms with Crippen LogP contribution in [0.1, 0.15) is 96.8 Å². The van der Waals surface area contributed by atoms with E-state index in [9.17, 15) is 0 Å². The summed E-state index contributed by atoms with van der Waals surface area (Å²) in [6.07, 6.45) is 24.0. The summed E-state index contributed by atoms with van der Waals surface area (Å²) in [6, 6.07) is 8.19. The van der Waals surface area contributed by atoms with Gasteiger partial charge in [-0.15, -0.1) is 11.8 Å². The molecule has 0 radical (unpaired) electrons. The maximum atomic E-state index is 5.97. The van der Waals surface area contributed by atoms with Gasteiger partial charge in [0.1, 0.15) is 0 Å². The van der Waals surface area contributed by atoms with Gasteiger partial charge in [-0.3, -0.25) is 0 Å². The molecule has 0 bridgehead atoms. The minimum absolute atomic E-state index is 0.919. The lowest BCUT2D eigenvalue weighted by Crippen LogP contribution is -1.89. The van der Waals surface area contributed by atoms with Crippen molar-refractivity contribution in [1.29, 1.82) is 0 Å². The van der Waals surface area contributed by atoms with E-state index in [2.05, 4.69) is 31.2 Å². The minimum atomic E-state index is 0.919. The third kappa shape index (κ3) is 13.3. The second-order valence-corrected chi connectivity index (χ2v) is 8.46. The second kappa shape index (κ2) is 17.5. The van der Waals surface area contributed by atoms with E-state index in [1.165, 1.54) is 101 Å². The van der Waals surface area contributed by atoms with E-state index >= 15 is 0 Å². The lowest BCUT2D eigenvalue weighted by Gasteiger charge is -2.05. The number of allylic oxidation sites excluding steroid dienone is 2. The van der Waals surface area contributed by atoms with E-state index in [1.54, 1.807) is 0 Å². The van der Waals surface area contributed by atoms with Crippen molar-refractivity contribution >= 4 is 17.4 Å². The largest absolute Gasteiger partial charge is 0.398 e. The molecule has 0 atom stereocenters. The molecule has 0 unspecified atom stereocenters. The number of benzene rings is 1. The predicted octanol–water partition coefficient (Wildman–Crippen LogP) is 8.40. The van der Waals surface area contributed by atoms with Crippen LogP contribution in [0.2, 0.25) is 0 Å². The van der Waals surface area contributed by atoms with Gasteiger partial charge in [0.15, 0.2) is 0 Å². The van der Waals surface area contributed by atoms with Crippen LogP contribution in [0.25, 0.3) is 0 Å². The quantitative estimate of drug-likeness (QED) is 0.128. The predicted molar refractivity (Wildman–Crippen MR) is 121 cm³/mol. The van der Waals surface area contributed by atoms with Crippen LogP contribution in [0.3, 0.4) is 0 Å². The van der Waals surface area contributed by atoms with E-state index in [1.807, 2.05) is 23.9 Å². The monoisotopic (exact) mass is 375 g/mol. The summed E-state index contributed by atoms with van der Waals surface area (Å²) in [5.74, 6) is 1.19. The van der Waals surface area contributed by atoms with Gasteiger partial charge in [0.05, 0.1) is 0 Å². The van der Waals surface area contributed by atoms with Gasteiger partial charge >= 0.3 is 0 Å². The number of unbranched alkanes of at least 4 members (excludes halogenated alkanes) is 12. The van der Waals surface area contributed by atoms with Crippen molar-refractivity contribution in [3.63, 3.8) is 0 Å². The molecule has 26 heavy (non-hydrogen) atoms. The Balaban J connectivity index is 1.79. The fourth-order valence-electron chi connectivity index (χ4n) is 3.14. The summed E-state index contributed by atoms with van der Waals surface area (Å²) < 4.78 is 0. The average Bonchev–Trinajstić information content (AvgIpc) is 2.65. The van der Waals surface area contributed by atoms with Crippen LogP contribution < -0.4 is 5.73 Å². The molecule has 0 heterocycles. The Morgan fingerprint density at radius 1 is 0.731 bits per heavy atom. The Morgan fingerprint density at radius 2 is 1.27 bits per heavy atom. The Labute approximate surface area is 167 Å². The summed E-state index contributed by atoms with van der Waals surface area (Å²) in [5.41, 5.74) is 6.88. The third-order valence-corrected chi connectivity index (χ3v) is 6.01. The smallest absolute Gasteiger partial charge is 0.0452 e. The first-order chi connectivity index (χ1) is 12.8. The van der Waals surface area contributed by atoms with E-state index in [-0.39, 0.29) is 0 Å². The summed E-state index contributed by atoms with van der Waals surface area (Å²) in [5, 5.41) is 0. The molecule has 0 saturated heterocycles. The summed E-state index contributed by atoms with van der Waals surface area (Å²) in [7, 11) is 0. The van der Waals surface area contributed by atoms with Crippen molar-refractivity contribution in [3.8, 4) is 0 Å². The van der Waals surface area contributed by atoms with E-state index in [4.69, 9.17) is 5.73 Å². The number of nitrogens with two attached hydrogens (primary N) is 1. The van der Waals surface area contributed by atoms with Gasteiger partial charge in [-0.05, 0) is 50.0 Å². The minimum Gasteiger partial charge on any atom is -0.398 e. The highest BCUT2D eigenvalue weighted by atomic mass is 32.2. The van der Waals surface area contributed by atoms with Crippen molar-refractivity contribution < 1.29 is 0 Å². The number of para-hydroxylation sites is 1. The molecule has 1 aromatic carbocycles. The third-order valence-electron chi connectivity index (χ3n) is 4.83. The number of rotatable bonds is 17. The fraction of sp³-hybridized carbons (Fsp3) is 0.667. The Bertz CT molecular complexity index is 455. The standard InChI is InChI=1S/C24H41NS/c1-2-3-4-5-6-7-8-9-10-11-12-13-14-15-16-19-22-26-24-21-18-17-20-23(24)25/h9-10,17-18,20-21H,2-8,11-16,19,22,25H2,1H3/b10-9-. The molecule has 0 aliphatic rings. The molecule has 0 fully saturated rings. The molecule has 0 aromatic heterocycles. The fourth-order valence-corrected chi connectivity index (χ4v) is 4.12. The van der Waals surface area contributed by atoms with Crippen LogP contribution in [0.5, 0.6) is 0 Å². The van der Waals surface area contributed by atoms with Gasteiger partial charge in [0, 0.05) is 10.6 Å². The molecular weight excluding hydrogens is 334 g/mol. The van der Waals surface area contributed by atoms with Crippen LogP contribution >= 0.6 is 11.8 Å². The number of nitrogen functional groups attached to an aromatic ring is 1. The first-order valence-corrected chi connectivity index (χ1v) is 12.0. The van der Waals surface area contributed by atoms with E-state index < -0.39 is 0 Å². The van der Waals surface area contributed by atoms with Gasteiger partial charge in [-0.2, -0.15) is 0 Å². The number of thioether (sulfide) groups is 1. The summed E-state index contributed by atoms with van der Waals surface area (Å²) >= 11 is 1.90. The molecule has 0 spiro atoms. The van der Waals surface area contributed by atoms with Crippen LogP contribution in [-0.2, 0) is 0 Å². The Hall–Kier alpha value is -0.890. The van der Waals surface area contributed by atoms with Gasteiger partial charge in [-0.25, -0.2) is 0 Å². The van der Waals surface area contributed by atoms with E-state index in [0.29, 0.717) is 0 Å². The van der Waals surface area contributed by atoms with Gasteiger partial charge in [0.2, 0.25) is 0 Å². The molecule has 148 valence electrons. The zero-order valence-corrected chi connectivity index (χ0v) is 17.9. The summed E-state index contributed by atoms with van der Waals surface area (Å²) in [4.78, 5) is 1.24. The molecular formula is C24H41NS. The van der Waals surface area contributed by atoms with Crippen LogP contribution in [0.15, 0.2) is 41.3 Å². The average molecular weight is 376 g/mol. The first kappa shape index (κ1) is 23.1. The van der Waals surface area contributed by atoms with Crippen molar-refractivity contribution in [3.05, 3.63) is 36.4 Å². The lowest BCUT2D eigenvalue weighted by atomic mass is 10.1. The van der Waals surface area contributed by atoms with Gasteiger partial charge < -0.3 is 5.73 Å². The maximum Gasteiger partial charge on any atom is 0.0452 e. The van der Waals surface area contributed by atoms with Crippen molar-refractivity contribution in [2.45, 2.75) is 102 Å².